The van der Waals surface area contributed by atoms with Crippen molar-refractivity contribution < 1.29 is 0 Å². The molecule has 1 aromatic carbocycles. The summed E-state index contributed by atoms with van der Waals surface area (Å²) in [6.45, 7) is 2.15. The van der Waals surface area contributed by atoms with Crippen molar-refractivity contribution in [3.8, 4) is 0 Å². The highest BCUT2D eigenvalue weighted by Crippen LogP contribution is 2.32. The number of thiol groups is 1. The van der Waals surface area contributed by atoms with Crippen LogP contribution in [0.3, 0.4) is 0 Å². The Morgan fingerprint density at radius 2 is 2.15 bits per heavy atom. The fraction of sp³-hybridized carbons (Fsp3) is 0.200. The van der Waals surface area contributed by atoms with E-state index in [0.29, 0.717) is 0 Å². The van der Waals surface area contributed by atoms with Gasteiger partial charge < -0.3 is 5.73 Å². The zero-order valence-corrected chi connectivity index (χ0v) is 9.08. The summed E-state index contributed by atoms with van der Waals surface area (Å²) in [6, 6.07) is 6.22. The predicted molar refractivity (Wildman–Crippen MR) is 62.9 cm³/mol. The molecule has 3 heteroatoms. The summed E-state index contributed by atoms with van der Waals surface area (Å²) in [6.07, 6.45) is 1.03. The first-order chi connectivity index (χ1) is 6.20. The molecule has 0 aliphatic heterocycles. The molecule has 2 aromatic rings. The highest BCUT2D eigenvalue weighted by molar-refractivity contribution is 7.80. The number of hydrogen-bond acceptors (Lipinski definition) is 3. The van der Waals surface area contributed by atoms with E-state index < -0.39 is 0 Å². The molecule has 0 fully saturated rings. The molecule has 0 radical (unpaired) electrons. The molecular formula is C10H11NS2. The van der Waals surface area contributed by atoms with Crippen LogP contribution in [0.5, 0.6) is 0 Å². The summed E-state index contributed by atoms with van der Waals surface area (Å²) >= 11 is 5.98. The molecule has 0 amide bonds. The van der Waals surface area contributed by atoms with Gasteiger partial charge in [-0.3, -0.25) is 0 Å². The minimum Gasteiger partial charge on any atom is -0.391 e. The van der Waals surface area contributed by atoms with Gasteiger partial charge in [-0.25, -0.2) is 0 Å². The normalized spacial score (nSPS) is 10.9. The summed E-state index contributed by atoms with van der Waals surface area (Å²) in [5.74, 6) is 0. The molecule has 2 rings (SSSR count). The molecule has 1 aromatic heterocycles. The molecule has 13 heavy (non-hydrogen) atoms. The summed E-state index contributed by atoms with van der Waals surface area (Å²) in [5, 5.41) is 2.16. The average Bonchev–Trinajstić information content (AvgIpc) is 2.43. The monoisotopic (exact) mass is 209 g/mol. The standard InChI is InChI=1S/C10H11NS2/c1-2-6-3-7(12)4-9-8(6)5-10(11)13-9/h3-5,12H,2,11H2,1H3. The van der Waals surface area contributed by atoms with E-state index in [4.69, 9.17) is 5.73 Å². The number of hydrogen-bond donors (Lipinski definition) is 2. The van der Waals surface area contributed by atoms with Gasteiger partial charge in [-0.15, -0.1) is 24.0 Å². The third kappa shape index (κ3) is 1.54. The van der Waals surface area contributed by atoms with E-state index in [0.717, 1.165) is 16.3 Å². The minimum absolute atomic E-state index is 0.878. The molecular weight excluding hydrogens is 198 g/mol. The van der Waals surface area contributed by atoms with Crippen LogP contribution in [0.2, 0.25) is 0 Å². The first kappa shape index (κ1) is 8.91. The SMILES string of the molecule is CCc1cc(S)cc2sc(N)cc12. The zero-order valence-electron chi connectivity index (χ0n) is 7.37. The summed E-state index contributed by atoms with van der Waals surface area (Å²) in [4.78, 5) is 1.02. The van der Waals surface area contributed by atoms with Crippen molar-refractivity contribution >= 4 is 39.1 Å². The fourth-order valence-electron chi connectivity index (χ4n) is 1.51. The molecule has 0 aliphatic carbocycles. The van der Waals surface area contributed by atoms with Crippen LogP contribution in [0, 0.1) is 0 Å². The maximum absolute atomic E-state index is 5.76. The van der Waals surface area contributed by atoms with E-state index in [2.05, 4.69) is 31.7 Å². The van der Waals surface area contributed by atoms with E-state index in [1.807, 2.05) is 6.07 Å². The predicted octanol–water partition coefficient (Wildman–Crippen LogP) is 3.33. The number of fused-ring (bicyclic) bond motifs is 1. The fourth-order valence-corrected chi connectivity index (χ4v) is 2.80. The molecule has 0 saturated heterocycles. The lowest BCUT2D eigenvalue weighted by Crippen LogP contribution is -1.80. The van der Waals surface area contributed by atoms with Crippen LogP contribution in [0.25, 0.3) is 10.1 Å². The van der Waals surface area contributed by atoms with Gasteiger partial charge in [-0.05, 0) is 35.6 Å². The van der Waals surface area contributed by atoms with Gasteiger partial charge in [-0.1, -0.05) is 6.92 Å². The van der Waals surface area contributed by atoms with Crippen LogP contribution in [0.4, 0.5) is 5.00 Å². The average molecular weight is 209 g/mol. The molecule has 0 bridgehead atoms. The molecule has 1 heterocycles. The molecule has 0 saturated carbocycles. The number of thiophene rings is 1. The Hall–Kier alpha value is -0.670. The van der Waals surface area contributed by atoms with Crippen molar-refractivity contribution in [1.82, 2.24) is 0 Å². The maximum Gasteiger partial charge on any atom is 0.0868 e. The van der Waals surface area contributed by atoms with Crippen LogP contribution in [0.1, 0.15) is 12.5 Å². The van der Waals surface area contributed by atoms with E-state index >= 15 is 0 Å². The lowest BCUT2D eigenvalue weighted by molar-refractivity contribution is 1.15. The Morgan fingerprint density at radius 3 is 2.85 bits per heavy atom. The van der Waals surface area contributed by atoms with Crippen molar-refractivity contribution in [3.05, 3.63) is 23.8 Å². The number of anilines is 1. The quantitative estimate of drug-likeness (QED) is 0.692. The second kappa shape index (κ2) is 3.24. The van der Waals surface area contributed by atoms with E-state index in [9.17, 15) is 0 Å². The highest BCUT2D eigenvalue weighted by Gasteiger charge is 2.04. The van der Waals surface area contributed by atoms with Gasteiger partial charge in [0.1, 0.15) is 0 Å². The zero-order chi connectivity index (χ0) is 9.42. The lowest BCUT2D eigenvalue weighted by Gasteiger charge is -2.00. The Labute approximate surface area is 87.0 Å². The lowest BCUT2D eigenvalue weighted by atomic mass is 10.1. The van der Waals surface area contributed by atoms with Crippen molar-refractivity contribution in [2.45, 2.75) is 18.2 Å². The summed E-state index contributed by atoms with van der Waals surface area (Å²) in [7, 11) is 0. The van der Waals surface area contributed by atoms with E-state index in [1.165, 1.54) is 15.6 Å². The van der Waals surface area contributed by atoms with Gasteiger partial charge in [0.15, 0.2) is 0 Å². The third-order valence-electron chi connectivity index (χ3n) is 2.11. The molecule has 0 unspecified atom stereocenters. The maximum atomic E-state index is 5.76. The van der Waals surface area contributed by atoms with Crippen LogP contribution < -0.4 is 5.73 Å². The molecule has 2 N–H and O–H groups in total. The van der Waals surface area contributed by atoms with Gasteiger partial charge in [-0.2, -0.15) is 0 Å². The number of rotatable bonds is 1. The minimum atomic E-state index is 0.878. The second-order valence-corrected chi connectivity index (χ2v) is 4.65. The number of aryl methyl sites for hydroxylation is 1. The number of nitrogen functional groups attached to an aromatic ring is 1. The summed E-state index contributed by atoms with van der Waals surface area (Å²) < 4.78 is 1.24. The number of benzene rings is 1. The van der Waals surface area contributed by atoms with E-state index in [1.54, 1.807) is 11.3 Å². The van der Waals surface area contributed by atoms with Crippen molar-refractivity contribution in [2.24, 2.45) is 0 Å². The van der Waals surface area contributed by atoms with Crippen LogP contribution in [-0.4, -0.2) is 0 Å². The molecule has 0 spiro atoms. The molecule has 1 nitrogen and oxygen atoms in total. The van der Waals surface area contributed by atoms with Crippen LogP contribution in [0.15, 0.2) is 23.1 Å². The van der Waals surface area contributed by atoms with E-state index in [-0.39, 0.29) is 0 Å². The summed E-state index contributed by atoms with van der Waals surface area (Å²) in [5.41, 5.74) is 7.09. The molecule has 0 atom stereocenters. The Morgan fingerprint density at radius 1 is 1.38 bits per heavy atom. The van der Waals surface area contributed by atoms with Gasteiger partial charge in [0.2, 0.25) is 0 Å². The highest BCUT2D eigenvalue weighted by atomic mass is 32.1. The Balaban J connectivity index is 2.80. The van der Waals surface area contributed by atoms with Crippen LogP contribution >= 0.6 is 24.0 Å². The van der Waals surface area contributed by atoms with Gasteiger partial charge in [0.05, 0.1) is 5.00 Å². The topological polar surface area (TPSA) is 26.0 Å². The van der Waals surface area contributed by atoms with Crippen molar-refractivity contribution in [2.75, 3.05) is 5.73 Å². The Bertz CT molecular complexity index is 445. The van der Waals surface area contributed by atoms with Gasteiger partial charge >= 0.3 is 0 Å². The van der Waals surface area contributed by atoms with Crippen molar-refractivity contribution in [1.29, 1.82) is 0 Å². The first-order valence-electron chi connectivity index (χ1n) is 4.21. The van der Waals surface area contributed by atoms with Crippen molar-refractivity contribution in [3.63, 3.8) is 0 Å². The smallest absolute Gasteiger partial charge is 0.0868 e. The Kier molecular flexibility index (Phi) is 2.22. The number of nitrogens with two attached hydrogens (primary N) is 1. The van der Waals surface area contributed by atoms with Gasteiger partial charge in [0, 0.05) is 9.60 Å². The largest absolute Gasteiger partial charge is 0.391 e. The first-order valence-corrected chi connectivity index (χ1v) is 5.48. The second-order valence-electron chi connectivity index (χ2n) is 3.02. The van der Waals surface area contributed by atoms with Gasteiger partial charge in [0.25, 0.3) is 0 Å². The third-order valence-corrected chi connectivity index (χ3v) is 3.28. The molecule has 68 valence electrons. The van der Waals surface area contributed by atoms with Crippen LogP contribution in [-0.2, 0) is 6.42 Å². The molecule has 0 aliphatic rings.